The Morgan fingerprint density at radius 2 is 2.40 bits per heavy atom. The summed E-state index contributed by atoms with van der Waals surface area (Å²) in [4.78, 5) is 0. The monoisotopic (exact) mass is 243 g/mol. The van der Waals surface area contributed by atoms with Gasteiger partial charge in [-0.15, -0.1) is 11.6 Å². The first kappa shape index (κ1) is 11.4. The van der Waals surface area contributed by atoms with E-state index in [9.17, 15) is 0 Å². The summed E-state index contributed by atoms with van der Waals surface area (Å²) in [5.74, 6) is 0.815. The third kappa shape index (κ3) is 3.78. The van der Waals surface area contributed by atoms with Crippen LogP contribution >= 0.6 is 22.9 Å². The lowest BCUT2D eigenvalue weighted by atomic mass is 10.1. The van der Waals surface area contributed by atoms with E-state index in [4.69, 9.17) is 11.6 Å². The fourth-order valence-electron chi connectivity index (χ4n) is 2.17. The van der Waals surface area contributed by atoms with Gasteiger partial charge in [0.25, 0.3) is 0 Å². The van der Waals surface area contributed by atoms with E-state index in [1.807, 2.05) is 0 Å². The Hall–Kier alpha value is -0.0500. The van der Waals surface area contributed by atoms with Crippen molar-refractivity contribution in [2.45, 2.75) is 31.1 Å². The molecule has 1 fully saturated rings. The quantitative estimate of drug-likeness (QED) is 0.618. The fourth-order valence-corrected chi connectivity index (χ4v) is 3.25. The maximum Gasteiger partial charge on any atom is 0.0339 e. The minimum Gasteiger partial charge on any atom is -0.316 e. The van der Waals surface area contributed by atoms with Gasteiger partial charge in [0.15, 0.2) is 0 Å². The third-order valence-electron chi connectivity index (χ3n) is 3.08. The second-order valence-corrected chi connectivity index (χ2v) is 5.76. The van der Waals surface area contributed by atoms with E-state index in [0.717, 1.165) is 25.4 Å². The molecule has 2 rings (SSSR count). The minimum atomic E-state index is 0.439. The van der Waals surface area contributed by atoms with E-state index in [0.29, 0.717) is 5.38 Å². The van der Waals surface area contributed by atoms with Gasteiger partial charge in [-0.1, -0.05) is 0 Å². The first-order valence-electron chi connectivity index (χ1n) is 5.70. The third-order valence-corrected chi connectivity index (χ3v) is 4.21. The molecule has 2 atom stereocenters. The Morgan fingerprint density at radius 1 is 1.47 bits per heavy atom. The predicted octanol–water partition coefficient (Wildman–Crippen LogP) is 3.29. The van der Waals surface area contributed by atoms with Crippen molar-refractivity contribution in [2.75, 3.05) is 13.1 Å². The number of thiophene rings is 1. The molecule has 15 heavy (non-hydrogen) atoms. The van der Waals surface area contributed by atoms with Gasteiger partial charge in [0, 0.05) is 5.38 Å². The molecule has 1 saturated carbocycles. The van der Waals surface area contributed by atoms with Gasteiger partial charge in [-0.25, -0.2) is 0 Å². The zero-order valence-corrected chi connectivity index (χ0v) is 10.5. The maximum atomic E-state index is 6.07. The highest BCUT2D eigenvalue weighted by molar-refractivity contribution is 7.07. The zero-order chi connectivity index (χ0) is 10.5. The molecule has 0 amide bonds. The number of hydrogen-bond donors (Lipinski definition) is 1. The molecule has 0 radical (unpaired) electrons. The largest absolute Gasteiger partial charge is 0.316 e. The van der Waals surface area contributed by atoms with Crippen molar-refractivity contribution in [1.82, 2.24) is 5.32 Å². The van der Waals surface area contributed by atoms with Crippen molar-refractivity contribution in [3.05, 3.63) is 22.4 Å². The molecule has 1 N–H and O–H groups in total. The van der Waals surface area contributed by atoms with Crippen LogP contribution in [0.5, 0.6) is 0 Å². The molecule has 0 bridgehead atoms. The molecule has 2 unspecified atom stereocenters. The highest BCUT2D eigenvalue weighted by Gasteiger charge is 2.21. The van der Waals surface area contributed by atoms with Crippen LogP contribution in [0.3, 0.4) is 0 Å². The lowest BCUT2D eigenvalue weighted by molar-refractivity contribution is 0.492. The first-order valence-corrected chi connectivity index (χ1v) is 7.08. The van der Waals surface area contributed by atoms with Gasteiger partial charge in [0.2, 0.25) is 0 Å². The van der Waals surface area contributed by atoms with Crippen molar-refractivity contribution in [1.29, 1.82) is 0 Å². The molecule has 1 nitrogen and oxygen atoms in total. The smallest absolute Gasteiger partial charge is 0.0339 e. The summed E-state index contributed by atoms with van der Waals surface area (Å²) >= 11 is 7.85. The molecule has 0 saturated heterocycles. The van der Waals surface area contributed by atoms with Crippen LogP contribution in [0, 0.1) is 5.92 Å². The van der Waals surface area contributed by atoms with Crippen LogP contribution in [0.15, 0.2) is 16.8 Å². The zero-order valence-electron chi connectivity index (χ0n) is 8.92. The van der Waals surface area contributed by atoms with E-state index in [-0.39, 0.29) is 0 Å². The Morgan fingerprint density at radius 3 is 3.07 bits per heavy atom. The molecule has 0 aromatic carbocycles. The molecule has 1 aliphatic carbocycles. The highest BCUT2D eigenvalue weighted by atomic mass is 35.5. The second kappa shape index (κ2) is 5.88. The van der Waals surface area contributed by atoms with Gasteiger partial charge in [-0.3, -0.25) is 0 Å². The molecule has 0 aliphatic heterocycles. The van der Waals surface area contributed by atoms with Gasteiger partial charge in [-0.05, 0) is 67.1 Å². The first-order chi connectivity index (χ1) is 7.34. The van der Waals surface area contributed by atoms with Gasteiger partial charge < -0.3 is 5.32 Å². The van der Waals surface area contributed by atoms with E-state index >= 15 is 0 Å². The number of halogens is 1. The molecule has 0 spiro atoms. The van der Waals surface area contributed by atoms with Crippen LogP contribution in [0.25, 0.3) is 0 Å². The standard InChI is InChI=1S/C12H18ClNS/c13-12-2-1-11(7-12)8-14-5-3-10-4-6-15-9-10/h4,6,9,11-12,14H,1-3,5,7-8H2. The molecular formula is C12H18ClNS. The summed E-state index contributed by atoms with van der Waals surface area (Å²) in [6.07, 6.45) is 4.87. The maximum absolute atomic E-state index is 6.07. The van der Waals surface area contributed by atoms with Crippen LogP contribution in [0.2, 0.25) is 0 Å². The molecular weight excluding hydrogens is 226 g/mol. The second-order valence-electron chi connectivity index (χ2n) is 4.36. The fraction of sp³-hybridized carbons (Fsp3) is 0.667. The van der Waals surface area contributed by atoms with E-state index in [2.05, 4.69) is 22.1 Å². The molecule has 1 aliphatic rings. The number of rotatable bonds is 5. The summed E-state index contributed by atoms with van der Waals surface area (Å²) in [6, 6.07) is 2.21. The number of nitrogens with one attached hydrogen (secondary N) is 1. The number of hydrogen-bond acceptors (Lipinski definition) is 2. The average molecular weight is 244 g/mol. The van der Waals surface area contributed by atoms with Gasteiger partial charge in [-0.2, -0.15) is 11.3 Å². The van der Waals surface area contributed by atoms with Gasteiger partial charge in [0.1, 0.15) is 0 Å². The summed E-state index contributed by atoms with van der Waals surface area (Å²) in [7, 11) is 0. The average Bonchev–Trinajstić information content (AvgIpc) is 2.84. The molecule has 1 aromatic heterocycles. The van der Waals surface area contributed by atoms with Crippen LogP contribution in [0.4, 0.5) is 0 Å². The predicted molar refractivity (Wildman–Crippen MR) is 67.9 cm³/mol. The van der Waals surface area contributed by atoms with Crippen LogP contribution in [-0.2, 0) is 6.42 Å². The summed E-state index contributed by atoms with van der Waals surface area (Å²) in [6.45, 7) is 2.24. The van der Waals surface area contributed by atoms with Crippen LogP contribution in [0.1, 0.15) is 24.8 Å². The molecule has 3 heteroatoms. The Labute approximate surface area is 101 Å². The van der Waals surface area contributed by atoms with Crippen LogP contribution < -0.4 is 5.32 Å². The molecule has 1 heterocycles. The minimum absolute atomic E-state index is 0.439. The van der Waals surface area contributed by atoms with Crippen LogP contribution in [-0.4, -0.2) is 18.5 Å². The van der Waals surface area contributed by atoms with Crippen molar-refractivity contribution >= 4 is 22.9 Å². The Kier molecular flexibility index (Phi) is 4.48. The Bertz CT molecular complexity index is 273. The van der Waals surface area contributed by atoms with Gasteiger partial charge in [0.05, 0.1) is 0 Å². The SMILES string of the molecule is ClC1CCC(CNCCc2ccsc2)C1. The van der Waals surface area contributed by atoms with Crippen molar-refractivity contribution < 1.29 is 0 Å². The molecule has 1 aromatic rings. The lowest BCUT2D eigenvalue weighted by Gasteiger charge is -2.10. The van der Waals surface area contributed by atoms with E-state index in [1.54, 1.807) is 11.3 Å². The Balaban J connectivity index is 1.55. The van der Waals surface area contributed by atoms with Crippen molar-refractivity contribution in [2.24, 2.45) is 5.92 Å². The van der Waals surface area contributed by atoms with Crippen molar-refractivity contribution in [3.63, 3.8) is 0 Å². The normalized spacial score (nSPS) is 25.9. The summed E-state index contributed by atoms with van der Waals surface area (Å²) in [5.41, 5.74) is 1.45. The summed E-state index contributed by atoms with van der Waals surface area (Å²) < 4.78 is 0. The topological polar surface area (TPSA) is 12.0 Å². The molecule has 84 valence electrons. The number of alkyl halides is 1. The lowest BCUT2D eigenvalue weighted by Crippen LogP contribution is -2.23. The van der Waals surface area contributed by atoms with Crippen molar-refractivity contribution in [3.8, 4) is 0 Å². The highest BCUT2D eigenvalue weighted by Crippen LogP contribution is 2.28. The van der Waals surface area contributed by atoms with E-state index < -0.39 is 0 Å². The van der Waals surface area contributed by atoms with E-state index in [1.165, 1.54) is 24.8 Å². The summed E-state index contributed by atoms with van der Waals surface area (Å²) in [5, 5.41) is 8.34. The van der Waals surface area contributed by atoms with Gasteiger partial charge >= 0.3 is 0 Å².